The summed E-state index contributed by atoms with van der Waals surface area (Å²) >= 11 is 0. The Hall–Kier alpha value is -0.0800. The zero-order valence-electron chi connectivity index (χ0n) is 7.13. The molecular weight excluding hydrogens is 128 g/mol. The molecule has 2 unspecified atom stereocenters. The van der Waals surface area contributed by atoms with Gasteiger partial charge in [0.05, 0.1) is 6.61 Å². The summed E-state index contributed by atoms with van der Waals surface area (Å²) in [6, 6.07) is 0. The van der Waals surface area contributed by atoms with Crippen LogP contribution in [0.15, 0.2) is 0 Å². The standard InChI is InChI=1S/C6H12O2.C2H6/c1-5-3-8-4-6(5)2-7;1-2/h5-7H,2-4H2,1H3;1-2H3. The van der Waals surface area contributed by atoms with Crippen molar-refractivity contribution >= 4 is 0 Å². The third-order valence-electron chi connectivity index (χ3n) is 1.75. The lowest BCUT2D eigenvalue weighted by molar-refractivity contribution is 0.160. The Morgan fingerprint density at radius 1 is 1.40 bits per heavy atom. The van der Waals surface area contributed by atoms with E-state index in [1.807, 2.05) is 13.8 Å². The summed E-state index contributed by atoms with van der Waals surface area (Å²) in [5, 5.41) is 8.66. The van der Waals surface area contributed by atoms with E-state index in [4.69, 9.17) is 9.84 Å². The second-order valence-corrected chi connectivity index (χ2v) is 2.46. The Labute approximate surface area is 63.2 Å². The molecule has 0 aromatic heterocycles. The first kappa shape index (κ1) is 9.92. The predicted molar refractivity (Wildman–Crippen MR) is 41.9 cm³/mol. The van der Waals surface area contributed by atoms with Crippen LogP contribution in [-0.4, -0.2) is 24.9 Å². The Balaban J connectivity index is 0.000000371. The minimum atomic E-state index is 0.279. The topological polar surface area (TPSA) is 29.5 Å². The van der Waals surface area contributed by atoms with Gasteiger partial charge in [-0.3, -0.25) is 0 Å². The summed E-state index contributed by atoms with van der Waals surface area (Å²) in [6.07, 6.45) is 0. The molecule has 0 aliphatic carbocycles. The molecule has 1 rings (SSSR count). The second kappa shape index (κ2) is 5.69. The fourth-order valence-electron chi connectivity index (χ4n) is 0.938. The van der Waals surface area contributed by atoms with E-state index >= 15 is 0 Å². The highest BCUT2D eigenvalue weighted by atomic mass is 16.5. The molecule has 1 fully saturated rings. The summed E-state index contributed by atoms with van der Waals surface area (Å²) in [5.41, 5.74) is 0. The Bertz CT molecular complexity index is 73.7. The van der Waals surface area contributed by atoms with Crippen molar-refractivity contribution in [2.45, 2.75) is 20.8 Å². The molecule has 1 aliphatic heterocycles. The summed E-state index contributed by atoms with van der Waals surface area (Å²) in [5.74, 6) is 0.954. The van der Waals surface area contributed by atoms with Crippen molar-refractivity contribution in [3.8, 4) is 0 Å². The molecule has 1 aliphatic rings. The molecule has 0 radical (unpaired) electrons. The highest BCUT2D eigenvalue weighted by Gasteiger charge is 2.22. The van der Waals surface area contributed by atoms with Crippen LogP contribution >= 0.6 is 0 Å². The summed E-state index contributed by atoms with van der Waals surface area (Å²) in [6.45, 7) is 7.96. The molecule has 0 aromatic rings. The lowest BCUT2D eigenvalue weighted by Crippen LogP contribution is -2.12. The van der Waals surface area contributed by atoms with Gasteiger partial charge >= 0.3 is 0 Å². The van der Waals surface area contributed by atoms with Gasteiger partial charge < -0.3 is 9.84 Å². The van der Waals surface area contributed by atoms with Crippen LogP contribution in [0.5, 0.6) is 0 Å². The van der Waals surface area contributed by atoms with Gasteiger partial charge in [-0.15, -0.1) is 0 Å². The summed E-state index contributed by atoms with van der Waals surface area (Å²) < 4.78 is 5.10. The zero-order valence-corrected chi connectivity index (χ0v) is 7.13. The van der Waals surface area contributed by atoms with Crippen LogP contribution in [-0.2, 0) is 4.74 Å². The van der Waals surface area contributed by atoms with Crippen LogP contribution in [0, 0.1) is 11.8 Å². The van der Waals surface area contributed by atoms with E-state index in [1.165, 1.54) is 0 Å². The Kier molecular flexibility index (Phi) is 5.64. The fraction of sp³-hybridized carbons (Fsp3) is 1.00. The number of ether oxygens (including phenoxy) is 1. The molecule has 62 valence electrons. The van der Waals surface area contributed by atoms with E-state index in [0.717, 1.165) is 13.2 Å². The maximum absolute atomic E-state index is 8.66. The molecule has 2 heteroatoms. The molecular formula is C8H18O2. The van der Waals surface area contributed by atoms with Crippen LogP contribution < -0.4 is 0 Å². The van der Waals surface area contributed by atoms with Crippen molar-refractivity contribution in [3.63, 3.8) is 0 Å². The third-order valence-corrected chi connectivity index (χ3v) is 1.75. The summed E-state index contributed by atoms with van der Waals surface area (Å²) in [7, 11) is 0. The van der Waals surface area contributed by atoms with Crippen LogP contribution in [0.2, 0.25) is 0 Å². The molecule has 2 atom stereocenters. The van der Waals surface area contributed by atoms with Gasteiger partial charge in [0.1, 0.15) is 0 Å². The molecule has 1 heterocycles. The van der Waals surface area contributed by atoms with Crippen molar-refractivity contribution in [1.82, 2.24) is 0 Å². The van der Waals surface area contributed by atoms with E-state index < -0.39 is 0 Å². The lowest BCUT2D eigenvalue weighted by atomic mass is 10.00. The minimum Gasteiger partial charge on any atom is -0.396 e. The summed E-state index contributed by atoms with van der Waals surface area (Å²) in [4.78, 5) is 0. The smallest absolute Gasteiger partial charge is 0.0519 e. The quantitative estimate of drug-likeness (QED) is 0.604. The lowest BCUT2D eigenvalue weighted by Gasteiger charge is -2.06. The van der Waals surface area contributed by atoms with E-state index in [1.54, 1.807) is 0 Å². The normalized spacial score (nSPS) is 31.2. The maximum atomic E-state index is 8.66. The SMILES string of the molecule is CC.CC1COCC1CO. The second-order valence-electron chi connectivity index (χ2n) is 2.46. The van der Waals surface area contributed by atoms with Gasteiger partial charge in [0, 0.05) is 19.1 Å². The highest BCUT2D eigenvalue weighted by Crippen LogP contribution is 2.18. The first-order valence-corrected chi connectivity index (χ1v) is 4.03. The van der Waals surface area contributed by atoms with Crippen molar-refractivity contribution in [2.24, 2.45) is 11.8 Å². The van der Waals surface area contributed by atoms with Crippen LogP contribution in [0.1, 0.15) is 20.8 Å². The average molecular weight is 146 g/mol. The van der Waals surface area contributed by atoms with Gasteiger partial charge in [-0.25, -0.2) is 0 Å². The molecule has 0 amide bonds. The molecule has 0 aromatic carbocycles. The fourth-order valence-corrected chi connectivity index (χ4v) is 0.938. The number of hydrogen-bond donors (Lipinski definition) is 1. The van der Waals surface area contributed by atoms with Gasteiger partial charge in [0.2, 0.25) is 0 Å². The number of aliphatic hydroxyl groups excluding tert-OH is 1. The van der Waals surface area contributed by atoms with Crippen LogP contribution in [0.4, 0.5) is 0 Å². The van der Waals surface area contributed by atoms with E-state index in [-0.39, 0.29) is 6.61 Å². The largest absolute Gasteiger partial charge is 0.396 e. The van der Waals surface area contributed by atoms with Crippen molar-refractivity contribution < 1.29 is 9.84 Å². The monoisotopic (exact) mass is 146 g/mol. The van der Waals surface area contributed by atoms with E-state index in [0.29, 0.717) is 11.8 Å². The number of aliphatic hydroxyl groups is 1. The maximum Gasteiger partial charge on any atom is 0.0519 e. The molecule has 2 nitrogen and oxygen atoms in total. The van der Waals surface area contributed by atoms with Crippen molar-refractivity contribution in [1.29, 1.82) is 0 Å². The number of rotatable bonds is 1. The first-order valence-electron chi connectivity index (χ1n) is 4.03. The molecule has 1 saturated heterocycles. The van der Waals surface area contributed by atoms with Gasteiger partial charge in [-0.05, 0) is 5.92 Å². The first-order chi connectivity index (χ1) is 4.84. The van der Waals surface area contributed by atoms with Crippen LogP contribution in [0.25, 0.3) is 0 Å². The Morgan fingerprint density at radius 3 is 2.20 bits per heavy atom. The Morgan fingerprint density at radius 2 is 2.00 bits per heavy atom. The van der Waals surface area contributed by atoms with Gasteiger partial charge in [-0.1, -0.05) is 20.8 Å². The molecule has 1 N–H and O–H groups in total. The molecule has 0 saturated carbocycles. The highest BCUT2D eigenvalue weighted by molar-refractivity contribution is 4.69. The van der Waals surface area contributed by atoms with Gasteiger partial charge in [-0.2, -0.15) is 0 Å². The van der Waals surface area contributed by atoms with E-state index in [9.17, 15) is 0 Å². The van der Waals surface area contributed by atoms with Crippen molar-refractivity contribution in [3.05, 3.63) is 0 Å². The third kappa shape index (κ3) is 2.67. The minimum absolute atomic E-state index is 0.279. The molecule has 0 spiro atoms. The van der Waals surface area contributed by atoms with Gasteiger partial charge in [0.15, 0.2) is 0 Å². The van der Waals surface area contributed by atoms with Gasteiger partial charge in [0.25, 0.3) is 0 Å². The average Bonchev–Trinajstić information content (AvgIpc) is 2.39. The van der Waals surface area contributed by atoms with Crippen LogP contribution in [0.3, 0.4) is 0 Å². The predicted octanol–water partition coefficient (Wildman–Crippen LogP) is 1.29. The van der Waals surface area contributed by atoms with E-state index in [2.05, 4.69) is 6.92 Å². The van der Waals surface area contributed by atoms with Crippen molar-refractivity contribution in [2.75, 3.05) is 19.8 Å². The zero-order chi connectivity index (χ0) is 7.98. The molecule has 10 heavy (non-hydrogen) atoms. The molecule has 0 bridgehead atoms. The number of hydrogen-bond acceptors (Lipinski definition) is 2.